The van der Waals surface area contributed by atoms with E-state index in [1.807, 2.05) is 60.1 Å². The van der Waals surface area contributed by atoms with Gasteiger partial charge in [-0.3, -0.25) is 9.69 Å². The molecule has 0 N–H and O–H groups in total. The summed E-state index contributed by atoms with van der Waals surface area (Å²) >= 11 is 3.04. The van der Waals surface area contributed by atoms with Crippen molar-refractivity contribution in [1.82, 2.24) is 9.97 Å². The van der Waals surface area contributed by atoms with Gasteiger partial charge in [-0.2, -0.15) is 0 Å². The minimum Gasteiger partial charge on any atom is -0.274 e. The van der Waals surface area contributed by atoms with Crippen molar-refractivity contribution >= 4 is 39.4 Å². The van der Waals surface area contributed by atoms with Crippen LogP contribution in [0, 0.1) is 13.8 Å². The van der Waals surface area contributed by atoms with Crippen molar-refractivity contribution in [3.05, 3.63) is 82.3 Å². The summed E-state index contributed by atoms with van der Waals surface area (Å²) in [5, 5.41) is 5.54. The Hall–Kier alpha value is -2.83. The number of thiazole rings is 2. The predicted octanol–water partition coefficient (Wildman–Crippen LogP) is 5.79. The van der Waals surface area contributed by atoms with E-state index < -0.39 is 0 Å². The number of hydrogen-bond donors (Lipinski definition) is 0. The van der Waals surface area contributed by atoms with Crippen molar-refractivity contribution in [2.24, 2.45) is 0 Å². The van der Waals surface area contributed by atoms with Gasteiger partial charge >= 0.3 is 0 Å². The fourth-order valence-corrected chi connectivity index (χ4v) is 4.57. The number of para-hydroxylation sites is 1. The molecule has 4 rings (SSSR count). The van der Waals surface area contributed by atoms with Gasteiger partial charge in [0.1, 0.15) is 5.01 Å². The maximum Gasteiger partial charge on any atom is 0.239 e. The molecule has 2 aromatic heterocycles. The molecule has 0 aliphatic rings. The standard InChI is InChI=1S/C22H19N3OS2/c1-15-7-6-8-17(11-15)21-24-18(14-27-21)12-20(26)25(19-9-4-3-5-10-19)22-23-16(2)13-28-22/h3-11,13-14H,12H2,1-2H3. The Labute approximate surface area is 172 Å². The van der Waals surface area contributed by atoms with Gasteiger partial charge in [-0.05, 0) is 32.0 Å². The van der Waals surface area contributed by atoms with Crippen LogP contribution in [0.3, 0.4) is 0 Å². The third kappa shape index (κ3) is 4.03. The average molecular weight is 406 g/mol. The minimum atomic E-state index is -0.0401. The van der Waals surface area contributed by atoms with E-state index >= 15 is 0 Å². The number of anilines is 2. The third-order valence-electron chi connectivity index (χ3n) is 4.21. The molecule has 0 aliphatic heterocycles. The molecule has 2 heterocycles. The van der Waals surface area contributed by atoms with Gasteiger partial charge in [0, 0.05) is 16.3 Å². The quantitative estimate of drug-likeness (QED) is 0.422. The molecular formula is C22H19N3OS2. The van der Waals surface area contributed by atoms with Crippen molar-refractivity contribution < 1.29 is 4.79 Å². The minimum absolute atomic E-state index is 0.0401. The van der Waals surface area contributed by atoms with Gasteiger partial charge in [-0.25, -0.2) is 9.97 Å². The van der Waals surface area contributed by atoms with Crippen molar-refractivity contribution in [2.45, 2.75) is 20.3 Å². The number of aromatic nitrogens is 2. The lowest BCUT2D eigenvalue weighted by Crippen LogP contribution is -2.27. The highest BCUT2D eigenvalue weighted by Gasteiger charge is 2.22. The highest BCUT2D eigenvalue weighted by atomic mass is 32.1. The fraction of sp³-hybridized carbons (Fsp3) is 0.136. The van der Waals surface area contributed by atoms with Gasteiger partial charge in [-0.15, -0.1) is 22.7 Å². The normalized spacial score (nSPS) is 10.8. The Kier molecular flexibility index (Phi) is 5.32. The van der Waals surface area contributed by atoms with Gasteiger partial charge in [0.15, 0.2) is 5.13 Å². The molecule has 1 amide bonds. The second-order valence-electron chi connectivity index (χ2n) is 6.53. The van der Waals surface area contributed by atoms with Crippen LogP contribution >= 0.6 is 22.7 Å². The molecular weight excluding hydrogens is 386 g/mol. The number of amides is 1. The molecule has 4 nitrogen and oxygen atoms in total. The summed E-state index contributed by atoms with van der Waals surface area (Å²) in [7, 11) is 0. The van der Waals surface area contributed by atoms with Gasteiger partial charge in [0.25, 0.3) is 0 Å². The first-order valence-electron chi connectivity index (χ1n) is 8.92. The van der Waals surface area contributed by atoms with Crippen molar-refractivity contribution in [3.8, 4) is 10.6 Å². The van der Waals surface area contributed by atoms with Crippen LogP contribution in [0.5, 0.6) is 0 Å². The second-order valence-corrected chi connectivity index (χ2v) is 8.22. The summed E-state index contributed by atoms with van der Waals surface area (Å²) in [5.74, 6) is -0.0401. The lowest BCUT2D eigenvalue weighted by Gasteiger charge is -2.19. The lowest BCUT2D eigenvalue weighted by molar-refractivity contribution is -0.117. The highest BCUT2D eigenvalue weighted by molar-refractivity contribution is 7.14. The zero-order valence-electron chi connectivity index (χ0n) is 15.6. The van der Waals surface area contributed by atoms with E-state index in [1.165, 1.54) is 16.9 Å². The summed E-state index contributed by atoms with van der Waals surface area (Å²) in [6.45, 7) is 4.00. The summed E-state index contributed by atoms with van der Waals surface area (Å²) in [4.78, 5) is 24.1. The molecule has 28 heavy (non-hydrogen) atoms. The van der Waals surface area contributed by atoms with Crippen LogP contribution in [0.4, 0.5) is 10.8 Å². The van der Waals surface area contributed by atoms with Gasteiger partial charge in [0.05, 0.1) is 23.5 Å². The van der Waals surface area contributed by atoms with E-state index in [2.05, 4.69) is 24.0 Å². The fourth-order valence-electron chi connectivity index (χ4n) is 2.92. The molecule has 0 spiro atoms. The molecule has 0 unspecified atom stereocenters. The molecule has 0 aliphatic carbocycles. The molecule has 140 valence electrons. The van der Waals surface area contributed by atoms with Crippen LogP contribution < -0.4 is 4.90 Å². The molecule has 0 atom stereocenters. The van der Waals surface area contributed by atoms with Gasteiger partial charge < -0.3 is 0 Å². The SMILES string of the molecule is Cc1cccc(-c2nc(CC(=O)N(c3ccccc3)c3nc(C)cs3)cs2)c1. The Morgan fingerprint density at radius 3 is 2.50 bits per heavy atom. The number of benzene rings is 2. The van der Waals surface area contributed by atoms with E-state index in [1.54, 1.807) is 16.2 Å². The molecule has 0 radical (unpaired) electrons. The molecule has 0 saturated carbocycles. The largest absolute Gasteiger partial charge is 0.274 e. The van der Waals surface area contributed by atoms with Crippen LogP contribution in [0.2, 0.25) is 0 Å². The van der Waals surface area contributed by atoms with E-state index in [4.69, 9.17) is 4.98 Å². The lowest BCUT2D eigenvalue weighted by atomic mass is 10.1. The van der Waals surface area contributed by atoms with Crippen molar-refractivity contribution in [2.75, 3.05) is 4.90 Å². The number of carbonyl (C=O) groups is 1. The van der Waals surface area contributed by atoms with Crippen molar-refractivity contribution in [3.63, 3.8) is 0 Å². The van der Waals surface area contributed by atoms with E-state index in [9.17, 15) is 4.79 Å². The van der Waals surface area contributed by atoms with Crippen LogP contribution in [0.15, 0.2) is 65.4 Å². The summed E-state index contributed by atoms with van der Waals surface area (Å²) in [6, 6.07) is 17.9. The summed E-state index contributed by atoms with van der Waals surface area (Å²) in [6.07, 6.45) is 0.232. The monoisotopic (exact) mass is 405 g/mol. The molecule has 6 heteroatoms. The van der Waals surface area contributed by atoms with Crippen molar-refractivity contribution in [1.29, 1.82) is 0 Å². The zero-order chi connectivity index (χ0) is 19.5. The second kappa shape index (κ2) is 8.04. The first kappa shape index (κ1) is 18.5. The first-order chi connectivity index (χ1) is 13.6. The molecule has 0 saturated heterocycles. The maximum atomic E-state index is 13.2. The van der Waals surface area contributed by atoms with Crippen LogP contribution in [-0.4, -0.2) is 15.9 Å². The van der Waals surface area contributed by atoms with E-state index in [-0.39, 0.29) is 12.3 Å². The molecule has 0 bridgehead atoms. The Morgan fingerprint density at radius 2 is 1.79 bits per heavy atom. The number of rotatable bonds is 5. The van der Waals surface area contributed by atoms with Crippen LogP contribution in [-0.2, 0) is 11.2 Å². The highest BCUT2D eigenvalue weighted by Crippen LogP contribution is 2.30. The third-order valence-corrected chi connectivity index (χ3v) is 6.09. The zero-order valence-corrected chi connectivity index (χ0v) is 17.3. The Balaban J connectivity index is 1.60. The van der Waals surface area contributed by atoms with Crippen LogP contribution in [0.1, 0.15) is 17.0 Å². The number of nitrogens with zero attached hydrogens (tertiary/aromatic N) is 3. The Morgan fingerprint density at radius 1 is 0.964 bits per heavy atom. The summed E-state index contributed by atoms with van der Waals surface area (Å²) < 4.78 is 0. The van der Waals surface area contributed by atoms with Crippen LogP contribution in [0.25, 0.3) is 10.6 Å². The summed E-state index contributed by atoms with van der Waals surface area (Å²) in [5.41, 5.74) is 4.78. The maximum absolute atomic E-state index is 13.2. The number of aryl methyl sites for hydroxylation is 2. The smallest absolute Gasteiger partial charge is 0.239 e. The molecule has 0 fully saturated rings. The average Bonchev–Trinajstić information content (AvgIpc) is 3.32. The van der Waals surface area contributed by atoms with Gasteiger partial charge in [0.2, 0.25) is 5.91 Å². The molecule has 2 aromatic carbocycles. The number of carbonyl (C=O) groups excluding carboxylic acids is 1. The van der Waals surface area contributed by atoms with E-state index in [0.29, 0.717) is 5.13 Å². The first-order valence-corrected chi connectivity index (χ1v) is 10.7. The molecule has 4 aromatic rings. The Bertz CT molecular complexity index is 1100. The predicted molar refractivity (Wildman–Crippen MR) is 116 cm³/mol. The van der Waals surface area contributed by atoms with E-state index in [0.717, 1.165) is 27.6 Å². The number of hydrogen-bond acceptors (Lipinski definition) is 5. The van der Waals surface area contributed by atoms with Gasteiger partial charge in [-0.1, -0.05) is 42.0 Å². The topological polar surface area (TPSA) is 46.1 Å².